The van der Waals surface area contributed by atoms with Gasteiger partial charge in [0.05, 0.1) is 6.54 Å². The topological polar surface area (TPSA) is 107 Å². The molecule has 0 spiro atoms. The van der Waals surface area contributed by atoms with Crippen molar-refractivity contribution in [2.75, 3.05) is 6.79 Å². The lowest BCUT2D eigenvalue weighted by Gasteiger charge is -2.17. The molecular formula is C17H25N5O2. The Hall–Kier alpha value is -2.44. The number of guanidine groups is 2. The van der Waals surface area contributed by atoms with Crippen LogP contribution in [0, 0.1) is 0 Å². The Morgan fingerprint density at radius 1 is 1.08 bits per heavy atom. The van der Waals surface area contributed by atoms with E-state index < -0.39 is 0 Å². The highest BCUT2D eigenvalue weighted by Crippen LogP contribution is 2.32. The van der Waals surface area contributed by atoms with E-state index >= 15 is 0 Å². The quantitative estimate of drug-likeness (QED) is 0.445. The summed E-state index contributed by atoms with van der Waals surface area (Å²) in [5.41, 5.74) is 12.1. The smallest absolute Gasteiger partial charge is 0.231 e. The highest BCUT2D eigenvalue weighted by atomic mass is 16.7. The number of ether oxygens (including phenoxy) is 2. The second-order valence-corrected chi connectivity index (χ2v) is 6.20. The number of nitrogens with one attached hydrogen (secondary N) is 1. The van der Waals surface area contributed by atoms with E-state index in [2.05, 4.69) is 15.3 Å². The Kier molecular flexibility index (Phi) is 5.40. The summed E-state index contributed by atoms with van der Waals surface area (Å²) in [6, 6.07) is 6.18. The van der Waals surface area contributed by atoms with E-state index in [9.17, 15) is 0 Å². The monoisotopic (exact) mass is 331 g/mol. The van der Waals surface area contributed by atoms with Crippen LogP contribution < -0.4 is 26.3 Å². The van der Waals surface area contributed by atoms with Crippen molar-refractivity contribution in [3.8, 4) is 11.5 Å². The molecule has 0 amide bonds. The van der Waals surface area contributed by atoms with Gasteiger partial charge in [0.15, 0.2) is 17.5 Å². The Morgan fingerprint density at radius 2 is 1.83 bits per heavy atom. The average Bonchev–Trinajstić information content (AvgIpc) is 2.87. The lowest BCUT2D eigenvalue weighted by molar-refractivity contribution is 0.174. The second kappa shape index (κ2) is 7.90. The molecule has 0 saturated heterocycles. The minimum atomic E-state index is 0.0144. The minimum Gasteiger partial charge on any atom is -0.454 e. The first-order chi connectivity index (χ1) is 11.7. The van der Waals surface area contributed by atoms with Gasteiger partial charge in [0.2, 0.25) is 12.8 Å². The van der Waals surface area contributed by atoms with Gasteiger partial charge in [-0.05, 0) is 30.5 Å². The second-order valence-electron chi connectivity index (χ2n) is 6.20. The number of nitrogens with two attached hydrogens (primary N) is 2. The number of benzene rings is 1. The predicted molar refractivity (Wildman–Crippen MR) is 94.1 cm³/mol. The lowest BCUT2D eigenvalue weighted by atomic mass is 10.1. The van der Waals surface area contributed by atoms with Crippen LogP contribution in [-0.4, -0.2) is 24.8 Å². The van der Waals surface area contributed by atoms with Crippen molar-refractivity contribution >= 4 is 11.9 Å². The molecule has 1 fully saturated rings. The molecule has 130 valence electrons. The Labute approximate surface area is 142 Å². The van der Waals surface area contributed by atoms with Crippen molar-refractivity contribution in [1.82, 2.24) is 5.32 Å². The van der Waals surface area contributed by atoms with E-state index in [-0.39, 0.29) is 12.8 Å². The van der Waals surface area contributed by atoms with Gasteiger partial charge in [0.25, 0.3) is 0 Å². The summed E-state index contributed by atoms with van der Waals surface area (Å²) in [6.45, 7) is 0.743. The third kappa shape index (κ3) is 4.53. The number of hydrogen-bond donors (Lipinski definition) is 3. The van der Waals surface area contributed by atoms with Crippen LogP contribution >= 0.6 is 0 Å². The van der Waals surface area contributed by atoms with Crippen LogP contribution in [0.3, 0.4) is 0 Å². The van der Waals surface area contributed by atoms with Crippen molar-refractivity contribution in [1.29, 1.82) is 0 Å². The third-order valence-corrected chi connectivity index (χ3v) is 4.27. The van der Waals surface area contributed by atoms with Crippen molar-refractivity contribution < 1.29 is 9.47 Å². The molecule has 1 aliphatic carbocycles. The summed E-state index contributed by atoms with van der Waals surface area (Å²) < 4.78 is 10.7. The van der Waals surface area contributed by atoms with Crippen LogP contribution in [0.1, 0.15) is 44.1 Å². The first-order valence-corrected chi connectivity index (χ1v) is 8.50. The van der Waals surface area contributed by atoms with Gasteiger partial charge >= 0.3 is 0 Å². The fourth-order valence-corrected chi connectivity index (χ4v) is 3.05. The average molecular weight is 331 g/mol. The maximum atomic E-state index is 5.54. The molecule has 3 rings (SSSR count). The van der Waals surface area contributed by atoms with E-state index in [1.165, 1.54) is 25.7 Å². The number of nitrogens with zero attached hydrogens (tertiary/aromatic N) is 2. The van der Waals surface area contributed by atoms with Crippen molar-refractivity contribution in [2.24, 2.45) is 21.5 Å². The van der Waals surface area contributed by atoms with Crippen LogP contribution in [0.15, 0.2) is 28.2 Å². The highest BCUT2D eigenvalue weighted by molar-refractivity contribution is 5.93. The molecule has 2 aliphatic rings. The summed E-state index contributed by atoms with van der Waals surface area (Å²) >= 11 is 0. The first kappa shape index (κ1) is 16.4. The zero-order chi connectivity index (χ0) is 16.8. The summed E-state index contributed by atoms with van der Waals surface area (Å²) in [5.74, 6) is 2.03. The number of fused-ring (bicyclic) bond motifs is 1. The Balaban J connectivity index is 1.68. The van der Waals surface area contributed by atoms with Crippen molar-refractivity contribution in [3.05, 3.63) is 23.8 Å². The van der Waals surface area contributed by atoms with E-state index in [0.717, 1.165) is 29.9 Å². The third-order valence-electron chi connectivity index (χ3n) is 4.27. The van der Waals surface area contributed by atoms with Crippen LogP contribution in [-0.2, 0) is 6.54 Å². The molecule has 5 N–H and O–H groups in total. The first-order valence-electron chi connectivity index (χ1n) is 8.50. The summed E-state index contributed by atoms with van der Waals surface area (Å²) in [6.07, 6.45) is 7.31. The Bertz CT molecular complexity index is 617. The normalized spacial score (nSPS) is 18.1. The summed E-state index contributed by atoms with van der Waals surface area (Å²) in [7, 11) is 0. The number of hydrogen-bond acceptors (Lipinski definition) is 3. The van der Waals surface area contributed by atoms with Gasteiger partial charge in [-0.2, -0.15) is 4.99 Å². The fourth-order valence-electron chi connectivity index (χ4n) is 3.05. The van der Waals surface area contributed by atoms with Gasteiger partial charge in [-0.1, -0.05) is 31.7 Å². The van der Waals surface area contributed by atoms with Gasteiger partial charge in [-0.15, -0.1) is 0 Å². The summed E-state index contributed by atoms with van der Waals surface area (Å²) in [4.78, 5) is 8.69. The molecule has 1 aromatic rings. The SMILES string of the molecule is NC(N)=NC(=NCc1ccc2c(c1)OCO2)NC1CCCCCC1. The standard InChI is InChI=1S/C17H25N5O2/c18-16(19)22-17(21-13-5-3-1-2-4-6-13)20-10-12-7-8-14-15(9-12)24-11-23-14/h7-9,13H,1-6,10-11H2,(H5,18,19,20,21,22). The molecule has 7 nitrogen and oxygen atoms in total. The molecule has 1 aromatic carbocycles. The molecule has 0 atom stereocenters. The fraction of sp³-hybridized carbons (Fsp3) is 0.529. The maximum Gasteiger partial charge on any atom is 0.231 e. The lowest BCUT2D eigenvalue weighted by Crippen LogP contribution is -2.36. The van der Waals surface area contributed by atoms with Gasteiger partial charge in [0, 0.05) is 6.04 Å². The molecule has 7 heteroatoms. The largest absolute Gasteiger partial charge is 0.454 e. The molecule has 1 saturated carbocycles. The van der Waals surface area contributed by atoms with Gasteiger partial charge in [-0.3, -0.25) is 0 Å². The van der Waals surface area contributed by atoms with E-state index in [4.69, 9.17) is 20.9 Å². The van der Waals surface area contributed by atoms with Crippen LogP contribution in [0.25, 0.3) is 0 Å². The molecule has 0 aromatic heterocycles. The molecule has 0 radical (unpaired) electrons. The number of rotatable bonds is 3. The van der Waals surface area contributed by atoms with Gasteiger partial charge in [-0.25, -0.2) is 4.99 Å². The van der Waals surface area contributed by atoms with Crippen molar-refractivity contribution in [2.45, 2.75) is 51.1 Å². The maximum absolute atomic E-state index is 5.54. The van der Waals surface area contributed by atoms with E-state index in [1.54, 1.807) is 0 Å². The highest BCUT2D eigenvalue weighted by Gasteiger charge is 2.15. The zero-order valence-corrected chi connectivity index (χ0v) is 13.8. The van der Waals surface area contributed by atoms with E-state index in [1.807, 2.05) is 18.2 Å². The van der Waals surface area contributed by atoms with Gasteiger partial charge < -0.3 is 26.3 Å². The summed E-state index contributed by atoms with van der Waals surface area (Å²) in [5, 5.41) is 3.40. The molecule has 24 heavy (non-hydrogen) atoms. The molecule has 0 unspecified atom stereocenters. The van der Waals surface area contributed by atoms with Crippen LogP contribution in [0.5, 0.6) is 11.5 Å². The predicted octanol–water partition coefficient (Wildman–Crippen LogP) is 1.86. The van der Waals surface area contributed by atoms with Crippen LogP contribution in [0.4, 0.5) is 0 Å². The van der Waals surface area contributed by atoms with E-state index in [0.29, 0.717) is 18.5 Å². The molecule has 0 bridgehead atoms. The van der Waals surface area contributed by atoms with Crippen molar-refractivity contribution in [3.63, 3.8) is 0 Å². The molecule has 1 aliphatic heterocycles. The molecular weight excluding hydrogens is 306 g/mol. The molecule has 1 heterocycles. The zero-order valence-electron chi connectivity index (χ0n) is 13.8. The van der Waals surface area contributed by atoms with Gasteiger partial charge in [0.1, 0.15) is 0 Å². The Morgan fingerprint density at radius 3 is 2.58 bits per heavy atom. The van der Waals surface area contributed by atoms with Crippen LogP contribution in [0.2, 0.25) is 0 Å². The number of aliphatic imine (C=N–C) groups is 2. The minimum absolute atomic E-state index is 0.0144.